The fraction of sp³-hybridized carbons (Fsp3) is 0.238. The van der Waals surface area contributed by atoms with Gasteiger partial charge in [-0.3, -0.25) is 0 Å². The fourth-order valence-corrected chi connectivity index (χ4v) is 2.97. The van der Waals surface area contributed by atoms with Gasteiger partial charge >= 0.3 is 0 Å². The van der Waals surface area contributed by atoms with E-state index >= 15 is 0 Å². The van der Waals surface area contributed by atoms with E-state index in [9.17, 15) is 0 Å². The summed E-state index contributed by atoms with van der Waals surface area (Å²) >= 11 is 0. The molecule has 28 heavy (non-hydrogen) atoms. The number of aromatic nitrogens is 1. The molecule has 0 aliphatic heterocycles. The smallest absolute Gasteiger partial charge is 0.135 e. The van der Waals surface area contributed by atoms with Crippen LogP contribution in [0, 0.1) is 0 Å². The molecule has 0 bridgehead atoms. The number of nitrogens with one attached hydrogen (secondary N) is 1. The zero-order valence-corrected chi connectivity index (χ0v) is 15.7. The number of hydrogen-bond donors (Lipinski definition) is 4. The fourth-order valence-electron chi connectivity index (χ4n) is 2.97. The average molecular weight is 378 g/mol. The number of rotatable bonds is 8. The normalized spacial score (nSPS) is 12.7. The second-order valence-corrected chi connectivity index (χ2v) is 6.65. The quantitative estimate of drug-likeness (QED) is 0.206. The van der Waals surface area contributed by atoms with Crippen molar-refractivity contribution in [3.8, 4) is 5.75 Å². The number of ether oxygens (including phenoxy) is 1. The van der Waals surface area contributed by atoms with Gasteiger partial charge in [0.1, 0.15) is 18.2 Å². The number of hydrazine groups is 1. The minimum Gasteiger partial charge on any atom is -0.487 e. The van der Waals surface area contributed by atoms with Crippen molar-refractivity contribution in [2.24, 2.45) is 22.5 Å². The van der Waals surface area contributed by atoms with Crippen molar-refractivity contribution in [3.05, 3.63) is 71.9 Å². The highest BCUT2D eigenvalue weighted by atomic mass is 16.5. The van der Waals surface area contributed by atoms with Gasteiger partial charge < -0.3 is 21.7 Å². The van der Waals surface area contributed by atoms with Crippen LogP contribution < -0.4 is 27.6 Å². The molecule has 0 amide bonds. The van der Waals surface area contributed by atoms with E-state index in [2.05, 4.69) is 21.6 Å². The first-order valence-corrected chi connectivity index (χ1v) is 9.23. The van der Waals surface area contributed by atoms with Crippen LogP contribution in [0.2, 0.25) is 0 Å². The molecule has 1 heterocycles. The van der Waals surface area contributed by atoms with E-state index in [0.717, 1.165) is 40.8 Å². The van der Waals surface area contributed by atoms with Crippen LogP contribution in [0.1, 0.15) is 24.1 Å². The molecule has 7 nitrogen and oxygen atoms in total. The zero-order valence-electron chi connectivity index (χ0n) is 15.7. The van der Waals surface area contributed by atoms with Crippen LogP contribution in [0.4, 0.5) is 0 Å². The highest BCUT2D eigenvalue weighted by Gasteiger charge is 2.07. The van der Waals surface area contributed by atoms with E-state index in [1.54, 1.807) is 0 Å². The monoisotopic (exact) mass is 378 g/mol. The van der Waals surface area contributed by atoms with Gasteiger partial charge in [0.05, 0.1) is 11.2 Å². The predicted molar refractivity (Wildman–Crippen MR) is 112 cm³/mol. The minimum atomic E-state index is -0.00123. The third-order valence-corrected chi connectivity index (χ3v) is 4.54. The molecule has 0 saturated heterocycles. The Labute approximate surface area is 164 Å². The maximum atomic E-state index is 6.18. The highest BCUT2D eigenvalue weighted by Crippen LogP contribution is 2.17. The molecule has 3 aromatic rings. The summed E-state index contributed by atoms with van der Waals surface area (Å²) in [6, 6.07) is 20.1. The maximum absolute atomic E-state index is 6.18. The number of fused-ring (bicyclic) bond motifs is 1. The molecule has 1 aromatic heterocycles. The van der Waals surface area contributed by atoms with E-state index in [4.69, 9.17) is 22.2 Å². The number of para-hydroxylation sites is 1. The Morgan fingerprint density at radius 2 is 1.86 bits per heavy atom. The molecule has 2 aromatic carbocycles. The average Bonchev–Trinajstić information content (AvgIpc) is 2.74. The van der Waals surface area contributed by atoms with Crippen LogP contribution >= 0.6 is 0 Å². The standard InChI is InChI=1S/C21H26N6O/c22-17(8-12-21(26-23)27-24)13-15-5-10-19(11-6-15)28-14-18-9-7-16-3-1-2-4-20(16)25-18/h1-7,9-11,17H,8,12-14,22-24H2,(H,26,27). The number of nitrogens with two attached hydrogens (primary N) is 3. The topological polar surface area (TPSA) is 125 Å². The van der Waals surface area contributed by atoms with Crippen molar-refractivity contribution in [2.75, 3.05) is 0 Å². The lowest BCUT2D eigenvalue weighted by molar-refractivity contribution is 0.301. The van der Waals surface area contributed by atoms with Gasteiger partial charge in [-0.05, 0) is 42.7 Å². The van der Waals surface area contributed by atoms with Crippen molar-refractivity contribution in [1.29, 1.82) is 0 Å². The lowest BCUT2D eigenvalue weighted by Crippen LogP contribution is -2.33. The summed E-state index contributed by atoms with van der Waals surface area (Å²) in [7, 11) is 0. The van der Waals surface area contributed by atoms with Crippen LogP contribution in [-0.4, -0.2) is 16.9 Å². The SMILES string of the molecule is N/N=C(/CCC(N)Cc1ccc(OCc2ccc3ccccc3n2)cc1)NN. The molecule has 1 unspecified atom stereocenters. The van der Waals surface area contributed by atoms with Crippen molar-refractivity contribution >= 4 is 16.7 Å². The van der Waals surface area contributed by atoms with Crippen molar-refractivity contribution in [2.45, 2.75) is 31.9 Å². The van der Waals surface area contributed by atoms with Gasteiger partial charge in [0, 0.05) is 17.8 Å². The Kier molecular flexibility index (Phi) is 6.78. The number of amidine groups is 1. The molecule has 0 saturated carbocycles. The number of hydrogen-bond acceptors (Lipinski definition) is 6. The summed E-state index contributed by atoms with van der Waals surface area (Å²) < 4.78 is 5.86. The largest absolute Gasteiger partial charge is 0.487 e. The molecule has 146 valence electrons. The molecular formula is C21H26N6O. The second-order valence-electron chi connectivity index (χ2n) is 6.65. The van der Waals surface area contributed by atoms with Gasteiger partial charge in [-0.15, -0.1) is 0 Å². The number of nitrogens with zero attached hydrogens (tertiary/aromatic N) is 2. The molecule has 7 heteroatoms. The lowest BCUT2D eigenvalue weighted by Gasteiger charge is -2.13. The predicted octanol–water partition coefficient (Wildman–Crippen LogP) is 2.20. The molecule has 0 radical (unpaired) electrons. The first kappa shape index (κ1) is 19.6. The van der Waals surface area contributed by atoms with Crippen molar-refractivity contribution in [3.63, 3.8) is 0 Å². The number of hydrazone groups is 1. The lowest BCUT2D eigenvalue weighted by atomic mass is 10.0. The van der Waals surface area contributed by atoms with Crippen LogP contribution in [-0.2, 0) is 13.0 Å². The minimum absolute atomic E-state index is 0.00123. The maximum Gasteiger partial charge on any atom is 0.135 e. The zero-order chi connectivity index (χ0) is 19.8. The highest BCUT2D eigenvalue weighted by molar-refractivity contribution is 5.81. The first-order valence-electron chi connectivity index (χ1n) is 9.23. The van der Waals surface area contributed by atoms with Gasteiger partial charge in [-0.25, -0.2) is 10.8 Å². The van der Waals surface area contributed by atoms with E-state index in [1.807, 2.05) is 54.6 Å². The van der Waals surface area contributed by atoms with Crippen LogP contribution in [0.25, 0.3) is 10.9 Å². The van der Waals surface area contributed by atoms with Crippen LogP contribution in [0.15, 0.2) is 65.8 Å². The van der Waals surface area contributed by atoms with E-state index in [1.165, 1.54) is 0 Å². The second kappa shape index (κ2) is 9.68. The summed E-state index contributed by atoms with van der Waals surface area (Å²) in [5.74, 6) is 11.9. The number of pyridine rings is 1. The van der Waals surface area contributed by atoms with Crippen molar-refractivity contribution < 1.29 is 4.74 Å². The number of benzene rings is 2. The first-order chi connectivity index (χ1) is 13.7. The third-order valence-electron chi connectivity index (χ3n) is 4.54. The Bertz CT molecular complexity index is 926. The van der Waals surface area contributed by atoms with Crippen LogP contribution in [0.3, 0.4) is 0 Å². The van der Waals surface area contributed by atoms with Crippen molar-refractivity contribution in [1.82, 2.24) is 10.4 Å². The van der Waals surface area contributed by atoms with Gasteiger partial charge in [-0.2, -0.15) is 5.10 Å². The Hall–Kier alpha value is -3.16. The molecule has 0 aliphatic rings. The summed E-state index contributed by atoms with van der Waals surface area (Å²) in [5, 5.41) is 4.69. The molecule has 3 rings (SSSR count). The Morgan fingerprint density at radius 1 is 1.07 bits per heavy atom. The third kappa shape index (κ3) is 5.42. The summed E-state index contributed by atoms with van der Waals surface area (Å²) in [6.45, 7) is 0.428. The van der Waals surface area contributed by atoms with Crippen LogP contribution in [0.5, 0.6) is 5.75 Å². The van der Waals surface area contributed by atoms with Gasteiger partial charge in [0.15, 0.2) is 0 Å². The molecule has 1 atom stereocenters. The Balaban J connectivity index is 1.51. The van der Waals surface area contributed by atoms with E-state index in [-0.39, 0.29) is 6.04 Å². The molecule has 0 fully saturated rings. The Morgan fingerprint density at radius 3 is 2.61 bits per heavy atom. The molecule has 0 aliphatic carbocycles. The molecular weight excluding hydrogens is 352 g/mol. The summed E-state index contributed by atoms with van der Waals surface area (Å²) in [5.41, 5.74) is 11.7. The van der Waals surface area contributed by atoms with Gasteiger partial charge in [0.2, 0.25) is 0 Å². The van der Waals surface area contributed by atoms with Gasteiger partial charge in [0.25, 0.3) is 0 Å². The molecule has 0 spiro atoms. The molecule has 7 N–H and O–H groups in total. The van der Waals surface area contributed by atoms with E-state index in [0.29, 0.717) is 18.9 Å². The van der Waals surface area contributed by atoms with Gasteiger partial charge in [-0.1, -0.05) is 36.4 Å². The summed E-state index contributed by atoms with van der Waals surface area (Å²) in [4.78, 5) is 4.62. The van der Waals surface area contributed by atoms with E-state index < -0.39 is 0 Å². The summed E-state index contributed by atoms with van der Waals surface area (Å²) in [6.07, 6.45) is 2.12.